The Morgan fingerprint density at radius 2 is 2.00 bits per heavy atom. The van der Waals surface area contributed by atoms with Gasteiger partial charge in [-0.15, -0.1) is 0 Å². The molecule has 0 aliphatic rings. The molecule has 1 heterocycles. The normalized spacial score (nSPS) is 13.9. The third kappa shape index (κ3) is 5.82. The number of hydrogen-bond donors (Lipinski definition) is 1. The van der Waals surface area contributed by atoms with Gasteiger partial charge in [-0.1, -0.05) is 32.9 Å². The van der Waals surface area contributed by atoms with Crippen LogP contribution in [-0.2, 0) is 12.8 Å². The highest BCUT2D eigenvalue weighted by molar-refractivity contribution is 4.90. The Bertz CT molecular complexity index is 328. The summed E-state index contributed by atoms with van der Waals surface area (Å²) in [7, 11) is 0. The zero-order chi connectivity index (χ0) is 12.9. The van der Waals surface area contributed by atoms with Crippen molar-refractivity contribution >= 4 is 0 Å². The molecular weight excluding hydrogens is 214 g/mol. The van der Waals surface area contributed by atoms with Crippen molar-refractivity contribution in [3.8, 4) is 0 Å². The first-order chi connectivity index (χ1) is 7.90. The van der Waals surface area contributed by atoms with Gasteiger partial charge in [0, 0.05) is 12.8 Å². The molecule has 0 radical (unpaired) electrons. The topological polar surface area (TPSA) is 64.9 Å². The van der Waals surface area contributed by atoms with Crippen LogP contribution in [0.25, 0.3) is 0 Å². The van der Waals surface area contributed by atoms with Gasteiger partial charge in [0.15, 0.2) is 5.82 Å². The number of nitrogens with zero attached hydrogens (tertiary/aromatic N) is 2. The molecule has 1 aromatic heterocycles. The fourth-order valence-electron chi connectivity index (χ4n) is 1.74. The summed E-state index contributed by atoms with van der Waals surface area (Å²) in [5.41, 5.74) is 5.72. The zero-order valence-corrected chi connectivity index (χ0v) is 11.5. The average Bonchev–Trinajstić information content (AvgIpc) is 2.60. The lowest BCUT2D eigenvalue weighted by Crippen LogP contribution is -2.10. The van der Waals surface area contributed by atoms with Crippen LogP contribution in [0.4, 0.5) is 0 Å². The van der Waals surface area contributed by atoms with Crippen molar-refractivity contribution in [2.24, 2.45) is 17.1 Å². The lowest BCUT2D eigenvalue weighted by molar-refractivity contribution is 0.346. The quantitative estimate of drug-likeness (QED) is 0.828. The molecule has 1 atom stereocenters. The predicted octanol–water partition coefficient (Wildman–Crippen LogP) is 2.58. The summed E-state index contributed by atoms with van der Waals surface area (Å²) in [5.74, 6) is 2.20. The molecule has 0 aromatic carbocycles. The number of rotatable bonds is 6. The Hall–Kier alpha value is -0.900. The molecule has 0 saturated heterocycles. The van der Waals surface area contributed by atoms with E-state index in [1.54, 1.807) is 0 Å². The van der Waals surface area contributed by atoms with Crippen molar-refractivity contribution in [1.29, 1.82) is 0 Å². The van der Waals surface area contributed by atoms with Crippen LogP contribution < -0.4 is 5.73 Å². The maximum absolute atomic E-state index is 5.52. The SMILES string of the molecule is CC(CCN)CCc1nc(CC(C)(C)C)no1. The van der Waals surface area contributed by atoms with E-state index in [1.165, 1.54) is 0 Å². The summed E-state index contributed by atoms with van der Waals surface area (Å²) in [6.45, 7) is 9.48. The van der Waals surface area contributed by atoms with E-state index in [4.69, 9.17) is 10.3 Å². The molecule has 0 spiro atoms. The highest BCUT2D eigenvalue weighted by Gasteiger charge is 2.16. The third-order valence-corrected chi connectivity index (χ3v) is 2.71. The van der Waals surface area contributed by atoms with E-state index < -0.39 is 0 Å². The van der Waals surface area contributed by atoms with Crippen molar-refractivity contribution in [2.45, 2.75) is 53.4 Å². The summed E-state index contributed by atoms with van der Waals surface area (Å²) in [5, 5.41) is 4.01. The average molecular weight is 239 g/mol. The van der Waals surface area contributed by atoms with Crippen molar-refractivity contribution in [3.63, 3.8) is 0 Å². The maximum atomic E-state index is 5.52. The Balaban J connectivity index is 2.41. The molecule has 2 N–H and O–H groups in total. The van der Waals surface area contributed by atoms with Gasteiger partial charge in [-0.25, -0.2) is 0 Å². The van der Waals surface area contributed by atoms with Gasteiger partial charge in [0.05, 0.1) is 0 Å². The molecule has 17 heavy (non-hydrogen) atoms. The number of aromatic nitrogens is 2. The van der Waals surface area contributed by atoms with Crippen LogP contribution >= 0.6 is 0 Å². The first kappa shape index (κ1) is 14.2. The second kappa shape index (κ2) is 6.15. The van der Waals surface area contributed by atoms with Crippen LogP contribution in [-0.4, -0.2) is 16.7 Å². The van der Waals surface area contributed by atoms with Crippen molar-refractivity contribution in [1.82, 2.24) is 10.1 Å². The van der Waals surface area contributed by atoms with Crippen LogP contribution in [0, 0.1) is 11.3 Å². The van der Waals surface area contributed by atoms with Crippen molar-refractivity contribution in [2.75, 3.05) is 6.54 Å². The van der Waals surface area contributed by atoms with Crippen LogP contribution in [0.1, 0.15) is 52.3 Å². The van der Waals surface area contributed by atoms with E-state index in [-0.39, 0.29) is 5.41 Å². The number of nitrogens with two attached hydrogens (primary N) is 1. The molecule has 1 aromatic rings. The smallest absolute Gasteiger partial charge is 0.226 e. The molecule has 4 nitrogen and oxygen atoms in total. The van der Waals surface area contributed by atoms with Gasteiger partial charge in [-0.2, -0.15) is 4.98 Å². The van der Waals surface area contributed by atoms with E-state index in [1.807, 2.05) is 0 Å². The Labute approximate surface area is 104 Å². The minimum absolute atomic E-state index is 0.202. The van der Waals surface area contributed by atoms with E-state index in [2.05, 4.69) is 37.8 Å². The molecule has 98 valence electrons. The second-order valence-corrected chi connectivity index (χ2v) is 6.06. The summed E-state index contributed by atoms with van der Waals surface area (Å²) in [4.78, 5) is 4.42. The zero-order valence-electron chi connectivity index (χ0n) is 11.5. The van der Waals surface area contributed by atoms with Crippen LogP contribution in [0.2, 0.25) is 0 Å². The lowest BCUT2D eigenvalue weighted by atomic mass is 9.92. The monoisotopic (exact) mass is 239 g/mol. The fourth-order valence-corrected chi connectivity index (χ4v) is 1.74. The van der Waals surface area contributed by atoms with Crippen molar-refractivity contribution in [3.05, 3.63) is 11.7 Å². The number of aryl methyl sites for hydroxylation is 1. The Kier molecular flexibility index (Phi) is 5.12. The van der Waals surface area contributed by atoms with Gasteiger partial charge < -0.3 is 10.3 Å². The summed E-state index contributed by atoms with van der Waals surface area (Å²) < 4.78 is 5.25. The third-order valence-electron chi connectivity index (χ3n) is 2.71. The molecule has 1 rings (SSSR count). The highest BCUT2D eigenvalue weighted by atomic mass is 16.5. The Morgan fingerprint density at radius 3 is 2.59 bits per heavy atom. The first-order valence-electron chi connectivity index (χ1n) is 6.42. The molecule has 0 saturated carbocycles. The van der Waals surface area contributed by atoms with Gasteiger partial charge in [0.1, 0.15) is 0 Å². The standard InChI is InChI=1S/C13H25N3O/c1-10(7-8-14)5-6-12-15-11(16-17-12)9-13(2,3)4/h10H,5-9,14H2,1-4H3. The summed E-state index contributed by atoms with van der Waals surface area (Å²) in [6.07, 6.45) is 3.84. The van der Waals surface area contributed by atoms with E-state index in [9.17, 15) is 0 Å². The second-order valence-electron chi connectivity index (χ2n) is 6.06. The van der Waals surface area contributed by atoms with Crippen LogP contribution in [0.15, 0.2) is 4.52 Å². The molecule has 1 unspecified atom stereocenters. The molecule has 0 aliphatic heterocycles. The molecule has 0 amide bonds. The highest BCUT2D eigenvalue weighted by Crippen LogP contribution is 2.19. The summed E-state index contributed by atoms with van der Waals surface area (Å²) >= 11 is 0. The molecule has 0 bridgehead atoms. The Morgan fingerprint density at radius 1 is 1.29 bits per heavy atom. The van der Waals surface area contributed by atoms with E-state index in [0.717, 1.165) is 43.9 Å². The summed E-state index contributed by atoms with van der Waals surface area (Å²) in [6, 6.07) is 0. The number of hydrogen-bond acceptors (Lipinski definition) is 4. The van der Waals surface area contributed by atoms with Gasteiger partial charge in [-0.05, 0) is 30.7 Å². The van der Waals surface area contributed by atoms with Gasteiger partial charge >= 0.3 is 0 Å². The van der Waals surface area contributed by atoms with Crippen LogP contribution in [0.5, 0.6) is 0 Å². The van der Waals surface area contributed by atoms with Crippen molar-refractivity contribution < 1.29 is 4.52 Å². The van der Waals surface area contributed by atoms with Crippen LogP contribution in [0.3, 0.4) is 0 Å². The van der Waals surface area contributed by atoms with Gasteiger partial charge in [0.25, 0.3) is 0 Å². The van der Waals surface area contributed by atoms with E-state index in [0.29, 0.717) is 5.92 Å². The molecule has 0 aliphatic carbocycles. The minimum Gasteiger partial charge on any atom is -0.339 e. The molecule has 0 fully saturated rings. The van der Waals surface area contributed by atoms with Gasteiger partial charge in [0.2, 0.25) is 5.89 Å². The fraction of sp³-hybridized carbons (Fsp3) is 0.846. The lowest BCUT2D eigenvalue weighted by Gasteiger charge is -2.14. The first-order valence-corrected chi connectivity index (χ1v) is 6.42. The van der Waals surface area contributed by atoms with E-state index >= 15 is 0 Å². The predicted molar refractivity (Wildman–Crippen MR) is 68.6 cm³/mol. The molecule has 4 heteroatoms. The largest absolute Gasteiger partial charge is 0.339 e. The molecular formula is C13H25N3O. The maximum Gasteiger partial charge on any atom is 0.226 e. The minimum atomic E-state index is 0.202. The van der Waals surface area contributed by atoms with Gasteiger partial charge in [-0.3, -0.25) is 0 Å².